The number of carbonyl (C=O) groups excluding carboxylic acids is 1. The lowest BCUT2D eigenvalue weighted by Crippen LogP contribution is -2.57. The summed E-state index contributed by atoms with van der Waals surface area (Å²) in [4.78, 5) is 19.1. The molecule has 1 atom stereocenters. The minimum absolute atomic E-state index is 0.0762. The van der Waals surface area contributed by atoms with E-state index < -0.39 is 0 Å². The molecule has 0 radical (unpaired) electrons. The SMILES string of the molecule is O=C(NC1CN2CCC1CC2)c1cc2c(I)coc2cn1. The highest BCUT2D eigenvalue weighted by Crippen LogP contribution is 2.28. The van der Waals surface area contributed by atoms with Crippen LogP contribution in [0.2, 0.25) is 0 Å². The zero-order chi connectivity index (χ0) is 14.4. The summed E-state index contributed by atoms with van der Waals surface area (Å²) in [5.41, 5.74) is 1.19. The number of rotatable bonds is 2. The molecular weight excluding hydrogens is 381 g/mol. The zero-order valence-corrected chi connectivity index (χ0v) is 13.7. The van der Waals surface area contributed by atoms with Crippen LogP contribution in [0.25, 0.3) is 11.0 Å². The summed E-state index contributed by atoms with van der Waals surface area (Å²) in [6, 6.07) is 2.08. The maximum atomic E-state index is 12.4. The van der Waals surface area contributed by atoms with E-state index in [1.54, 1.807) is 12.5 Å². The van der Waals surface area contributed by atoms with Gasteiger partial charge in [-0.05, 0) is 60.5 Å². The van der Waals surface area contributed by atoms with Crippen LogP contribution in [0.15, 0.2) is 22.9 Å². The third-order valence-electron chi connectivity index (χ3n) is 4.62. The van der Waals surface area contributed by atoms with E-state index in [9.17, 15) is 4.79 Å². The first-order chi connectivity index (χ1) is 10.2. The zero-order valence-electron chi connectivity index (χ0n) is 11.5. The van der Waals surface area contributed by atoms with Crippen LogP contribution in [0.1, 0.15) is 23.3 Å². The van der Waals surface area contributed by atoms with Crippen LogP contribution in [-0.2, 0) is 0 Å². The van der Waals surface area contributed by atoms with Crippen molar-refractivity contribution in [1.82, 2.24) is 15.2 Å². The van der Waals surface area contributed by atoms with Gasteiger partial charge in [0.05, 0.1) is 9.77 Å². The molecule has 2 bridgehead atoms. The number of hydrogen-bond donors (Lipinski definition) is 1. The molecule has 110 valence electrons. The second-order valence-corrected chi connectivity index (χ2v) is 7.03. The van der Waals surface area contributed by atoms with Crippen molar-refractivity contribution in [1.29, 1.82) is 0 Å². The van der Waals surface area contributed by atoms with Gasteiger partial charge in [0.15, 0.2) is 5.58 Å². The highest BCUT2D eigenvalue weighted by molar-refractivity contribution is 14.1. The summed E-state index contributed by atoms with van der Waals surface area (Å²) in [7, 11) is 0. The normalized spacial score (nSPS) is 28.0. The molecule has 1 N–H and O–H groups in total. The van der Waals surface area contributed by atoms with Crippen LogP contribution in [-0.4, -0.2) is 41.5 Å². The third-order valence-corrected chi connectivity index (χ3v) is 5.45. The molecular formula is C15H16IN3O2. The van der Waals surface area contributed by atoms with Gasteiger partial charge in [-0.1, -0.05) is 0 Å². The van der Waals surface area contributed by atoms with E-state index in [1.165, 1.54) is 25.9 Å². The van der Waals surface area contributed by atoms with E-state index >= 15 is 0 Å². The van der Waals surface area contributed by atoms with Crippen molar-refractivity contribution in [3.63, 3.8) is 0 Å². The Morgan fingerprint density at radius 3 is 2.95 bits per heavy atom. The maximum Gasteiger partial charge on any atom is 0.270 e. The Morgan fingerprint density at radius 2 is 2.24 bits per heavy atom. The predicted molar refractivity (Wildman–Crippen MR) is 87.1 cm³/mol. The van der Waals surface area contributed by atoms with Crippen molar-refractivity contribution in [2.75, 3.05) is 19.6 Å². The minimum Gasteiger partial charge on any atom is -0.462 e. The van der Waals surface area contributed by atoms with Crippen molar-refractivity contribution < 1.29 is 9.21 Å². The first-order valence-corrected chi connectivity index (χ1v) is 8.34. The number of hydrogen-bond acceptors (Lipinski definition) is 4. The molecule has 1 unspecified atom stereocenters. The second-order valence-electron chi connectivity index (χ2n) is 5.87. The fraction of sp³-hybridized carbons (Fsp3) is 0.467. The second kappa shape index (κ2) is 5.24. The summed E-state index contributed by atoms with van der Waals surface area (Å²) in [5.74, 6) is 0.546. The summed E-state index contributed by atoms with van der Waals surface area (Å²) in [5, 5.41) is 4.12. The number of nitrogens with one attached hydrogen (secondary N) is 1. The number of amides is 1. The molecule has 3 aliphatic heterocycles. The van der Waals surface area contributed by atoms with E-state index in [0.29, 0.717) is 11.6 Å². The van der Waals surface area contributed by atoms with Crippen LogP contribution in [0, 0.1) is 9.49 Å². The van der Waals surface area contributed by atoms with Gasteiger partial charge >= 0.3 is 0 Å². The standard InChI is InChI=1S/C15H16IN3O2/c16-11-8-21-14-6-17-12(5-10(11)14)15(20)18-13-7-19-3-1-9(13)2-4-19/h5-6,8-9,13H,1-4,7H2,(H,18,20). The number of furan rings is 1. The molecule has 5 heterocycles. The van der Waals surface area contributed by atoms with Crippen molar-refractivity contribution in [3.05, 3.63) is 27.8 Å². The molecule has 2 aromatic rings. The Kier molecular flexibility index (Phi) is 3.37. The average molecular weight is 397 g/mol. The molecule has 0 aromatic carbocycles. The Labute approximate surface area is 136 Å². The van der Waals surface area contributed by atoms with E-state index in [2.05, 4.69) is 37.8 Å². The predicted octanol–water partition coefficient (Wildman–Crippen LogP) is 2.26. The molecule has 0 saturated carbocycles. The monoisotopic (exact) mass is 397 g/mol. The van der Waals surface area contributed by atoms with Gasteiger partial charge in [0.2, 0.25) is 0 Å². The van der Waals surface area contributed by atoms with Crippen LogP contribution in [0.3, 0.4) is 0 Å². The van der Waals surface area contributed by atoms with Gasteiger partial charge in [0, 0.05) is 18.0 Å². The molecule has 3 aliphatic rings. The molecule has 0 spiro atoms. The van der Waals surface area contributed by atoms with Crippen molar-refractivity contribution in [2.45, 2.75) is 18.9 Å². The summed E-state index contributed by atoms with van der Waals surface area (Å²) >= 11 is 2.20. The lowest BCUT2D eigenvalue weighted by molar-refractivity contribution is 0.0618. The lowest BCUT2D eigenvalue weighted by atomic mass is 9.84. The maximum absolute atomic E-state index is 12.4. The van der Waals surface area contributed by atoms with Crippen LogP contribution in [0.5, 0.6) is 0 Å². The van der Waals surface area contributed by atoms with Gasteiger partial charge in [-0.15, -0.1) is 0 Å². The number of pyridine rings is 1. The lowest BCUT2D eigenvalue weighted by Gasteiger charge is -2.44. The summed E-state index contributed by atoms with van der Waals surface area (Å²) in [6.07, 6.45) is 5.69. The van der Waals surface area contributed by atoms with Gasteiger partial charge in [-0.3, -0.25) is 4.79 Å². The van der Waals surface area contributed by atoms with E-state index in [-0.39, 0.29) is 11.9 Å². The Balaban J connectivity index is 1.54. The molecule has 5 rings (SSSR count). The van der Waals surface area contributed by atoms with E-state index in [0.717, 1.165) is 21.1 Å². The Morgan fingerprint density at radius 1 is 1.43 bits per heavy atom. The van der Waals surface area contributed by atoms with Crippen molar-refractivity contribution >= 4 is 39.5 Å². The fourth-order valence-corrected chi connectivity index (χ4v) is 3.95. The minimum atomic E-state index is -0.0762. The molecule has 2 aromatic heterocycles. The van der Waals surface area contributed by atoms with Gasteiger partial charge in [0.1, 0.15) is 12.0 Å². The number of fused-ring (bicyclic) bond motifs is 4. The van der Waals surface area contributed by atoms with Crippen LogP contribution < -0.4 is 5.32 Å². The molecule has 6 heteroatoms. The highest BCUT2D eigenvalue weighted by Gasteiger charge is 2.35. The van der Waals surface area contributed by atoms with Gasteiger partial charge in [0.25, 0.3) is 5.91 Å². The molecule has 0 aliphatic carbocycles. The van der Waals surface area contributed by atoms with E-state index in [1.807, 2.05) is 6.07 Å². The van der Waals surface area contributed by atoms with Crippen LogP contribution >= 0.6 is 22.6 Å². The van der Waals surface area contributed by atoms with Crippen molar-refractivity contribution in [2.24, 2.45) is 5.92 Å². The first-order valence-electron chi connectivity index (χ1n) is 7.26. The Bertz CT molecular complexity index is 691. The molecule has 1 amide bonds. The topological polar surface area (TPSA) is 58.4 Å². The number of carbonyl (C=O) groups is 1. The fourth-order valence-electron chi connectivity index (χ4n) is 3.40. The highest BCUT2D eigenvalue weighted by atomic mass is 127. The van der Waals surface area contributed by atoms with Gasteiger partial charge < -0.3 is 14.6 Å². The van der Waals surface area contributed by atoms with Gasteiger partial charge in [-0.2, -0.15) is 0 Å². The number of aromatic nitrogens is 1. The molecule has 3 fully saturated rings. The Hall–Kier alpha value is -1.15. The van der Waals surface area contributed by atoms with Crippen LogP contribution in [0.4, 0.5) is 0 Å². The number of halogens is 1. The number of nitrogens with zero attached hydrogens (tertiary/aromatic N) is 2. The van der Waals surface area contributed by atoms with Crippen molar-refractivity contribution in [3.8, 4) is 0 Å². The van der Waals surface area contributed by atoms with E-state index in [4.69, 9.17) is 4.42 Å². The summed E-state index contributed by atoms with van der Waals surface area (Å²) in [6.45, 7) is 3.32. The third kappa shape index (κ3) is 2.44. The quantitative estimate of drug-likeness (QED) is 0.791. The number of piperidine rings is 3. The largest absolute Gasteiger partial charge is 0.462 e. The smallest absolute Gasteiger partial charge is 0.270 e. The average Bonchev–Trinajstić information content (AvgIpc) is 2.89. The first kappa shape index (κ1) is 13.5. The molecule has 3 saturated heterocycles. The van der Waals surface area contributed by atoms with Gasteiger partial charge in [-0.25, -0.2) is 4.98 Å². The molecule has 21 heavy (non-hydrogen) atoms. The molecule has 5 nitrogen and oxygen atoms in total. The summed E-state index contributed by atoms with van der Waals surface area (Å²) < 4.78 is 6.37.